The lowest BCUT2D eigenvalue weighted by atomic mass is 9.90. The molecule has 1 rings (SSSR count). The SMILES string of the molecule is [B]c1cc(C(C)C)c(=O)[nH]c1C=C. The fraction of sp³-hybridized carbons (Fsp3) is 0.300. The smallest absolute Gasteiger partial charge is 0.251 e. The highest BCUT2D eigenvalue weighted by Crippen LogP contribution is 2.07. The van der Waals surface area contributed by atoms with E-state index in [-0.39, 0.29) is 11.5 Å². The predicted molar refractivity (Wildman–Crippen MR) is 56.6 cm³/mol. The first-order valence-corrected chi connectivity index (χ1v) is 4.21. The van der Waals surface area contributed by atoms with Gasteiger partial charge in [-0.1, -0.05) is 32.0 Å². The zero-order valence-corrected chi connectivity index (χ0v) is 7.92. The van der Waals surface area contributed by atoms with E-state index in [1.165, 1.54) is 0 Å². The normalized spacial score (nSPS) is 10.4. The maximum atomic E-state index is 11.4. The standard InChI is InChI=1S/C10H12BNO/c1-4-9-8(11)5-7(6(2)3)10(13)12-9/h4-6H,1H2,2-3H3,(H,12,13). The van der Waals surface area contributed by atoms with Crippen molar-refractivity contribution in [3.8, 4) is 0 Å². The second kappa shape index (κ2) is 3.65. The van der Waals surface area contributed by atoms with Gasteiger partial charge in [0.1, 0.15) is 7.85 Å². The Bertz CT molecular complexity index is 379. The van der Waals surface area contributed by atoms with Crippen LogP contribution in [0.4, 0.5) is 0 Å². The van der Waals surface area contributed by atoms with E-state index in [2.05, 4.69) is 11.6 Å². The Labute approximate surface area is 79.1 Å². The summed E-state index contributed by atoms with van der Waals surface area (Å²) in [5, 5.41) is 0. The summed E-state index contributed by atoms with van der Waals surface area (Å²) in [6.45, 7) is 7.47. The third-order valence-electron chi connectivity index (χ3n) is 1.96. The summed E-state index contributed by atoms with van der Waals surface area (Å²) >= 11 is 0. The minimum absolute atomic E-state index is 0.0842. The molecule has 1 heterocycles. The van der Waals surface area contributed by atoms with E-state index in [1.54, 1.807) is 12.1 Å². The van der Waals surface area contributed by atoms with Crippen molar-refractivity contribution in [2.24, 2.45) is 0 Å². The van der Waals surface area contributed by atoms with Crippen molar-refractivity contribution < 1.29 is 0 Å². The minimum Gasteiger partial charge on any atom is -0.323 e. The van der Waals surface area contributed by atoms with Crippen LogP contribution in [-0.2, 0) is 0 Å². The van der Waals surface area contributed by atoms with Crippen molar-refractivity contribution in [3.05, 3.63) is 34.3 Å². The minimum atomic E-state index is -0.0842. The molecule has 2 nitrogen and oxygen atoms in total. The van der Waals surface area contributed by atoms with Gasteiger partial charge in [0.05, 0.1) is 0 Å². The van der Waals surface area contributed by atoms with E-state index in [0.29, 0.717) is 16.7 Å². The molecule has 0 aliphatic carbocycles. The molecule has 0 aliphatic heterocycles. The number of hydrogen-bond donors (Lipinski definition) is 1. The summed E-state index contributed by atoms with van der Waals surface area (Å²) in [6.07, 6.45) is 1.54. The van der Waals surface area contributed by atoms with Crippen LogP contribution in [-0.4, -0.2) is 12.8 Å². The van der Waals surface area contributed by atoms with Gasteiger partial charge in [-0.3, -0.25) is 4.79 Å². The number of aromatic nitrogens is 1. The van der Waals surface area contributed by atoms with Gasteiger partial charge in [-0.2, -0.15) is 0 Å². The lowest BCUT2D eigenvalue weighted by Gasteiger charge is -2.07. The average Bonchev–Trinajstić information content (AvgIpc) is 2.07. The highest BCUT2D eigenvalue weighted by molar-refractivity contribution is 6.34. The number of pyridine rings is 1. The third-order valence-corrected chi connectivity index (χ3v) is 1.96. The van der Waals surface area contributed by atoms with E-state index in [9.17, 15) is 4.79 Å². The second-order valence-corrected chi connectivity index (χ2v) is 3.28. The molecule has 0 saturated heterocycles. The van der Waals surface area contributed by atoms with E-state index >= 15 is 0 Å². The highest BCUT2D eigenvalue weighted by Gasteiger charge is 2.06. The Morgan fingerprint density at radius 2 is 2.23 bits per heavy atom. The lowest BCUT2D eigenvalue weighted by Crippen LogP contribution is -2.23. The van der Waals surface area contributed by atoms with Gasteiger partial charge >= 0.3 is 0 Å². The van der Waals surface area contributed by atoms with Crippen LogP contribution in [0.5, 0.6) is 0 Å². The van der Waals surface area contributed by atoms with Crippen molar-refractivity contribution in [1.29, 1.82) is 0 Å². The van der Waals surface area contributed by atoms with E-state index in [4.69, 9.17) is 7.85 Å². The van der Waals surface area contributed by atoms with Crippen LogP contribution in [0, 0.1) is 0 Å². The Balaban J connectivity index is 3.37. The van der Waals surface area contributed by atoms with Crippen LogP contribution in [0.2, 0.25) is 0 Å². The molecule has 13 heavy (non-hydrogen) atoms. The maximum Gasteiger partial charge on any atom is 0.251 e. The van der Waals surface area contributed by atoms with Crippen molar-refractivity contribution >= 4 is 19.4 Å². The largest absolute Gasteiger partial charge is 0.323 e. The summed E-state index contributed by atoms with van der Waals surface area (Å²) in [4.78, 5) is 14.1. The zero-order valence-electron chi connectivity index (χ0n) is 7.92. The Kier molecular flexibility index (Phi) is 2.76. The molecule has 1 aromatic rings. The number of rotatable bonds is 2. The molecule has 0 spiro atoms. The Morgan fingerprint density at radius 3 is 2.69 bits per heavy atom. The first kappa shape index (κ1) is 9.84. The topological polar surface area (TPSA) is 32.9 Å². The molecule has 1 aromatic heterocycles. The monoisotopic (exact) mass is 173 g/mol. The van der Waals surface area contributed by atoms with Gasteiger partial charge in [0.2, 0.25) is 0 Å². The van der Waals surface area contributed by atoms with Crippen LogP contribution in [0.25, 0.3) is 6.08 Å². The predicted octanol–water partition coefficient (Wildman–Crippen LogP) is 0.935. The summed E-state index contributed by atoms with van der Waals surface area (Å²) in [7, 11) is 5.70. The molecule has 0 bridgehead atoms. The van der Waals surface area contributed by atoms with Gasteiger partial charge in [0, 0.05) is 11.3 Å². The number of hydrogen-bond acceptors (Lipinski definition) is 1. The number of aromatic amines is 1. The van der Waals surface area contributed by atoms with Crippen molar-refractivity contribution in [1.82, 2.24) is 4.98 Å². The fourth-order valence-electron chi connectivity index (χ4n) is 1.18. The van der Waals surface area contributed by atoms with E-state index in [1.807, 2.05) is 13.8 Å². The first-order chi connectivity index (χ1) is 6.06. The zero-order chi connectivity index (χ0) is 10.0. The molecule has 0 unspecified atom stereocenters. The molecule has 0 atom stereocenters. The van der Waals surface area contributed by atoms with Crippen molar-refractivity contribution in [2.45, 2.75) is 19.8 Å². The van der Waals surface area contributed by atoms with Gasteiger partial charge in [-0.15, -0.1) is 0 Å². The van der Waals surface area contributed by atoms with Gasteiger partial charge in [-0.25, -0.2) is 0 Å². The Morgan fingerprint density at radius 1 is 1.62 bits per heavy atom. The van der Waals surface area contributed by atoms with E-state index in [0.717, 1.165) is 0 Å². The molecular weight excluding hydrogens is 161 g/mol. The molecule has 0 aliphatic rings. The molecule has 2 radical (unpaired) electrons. The maximum absolute atomic E-state index is 11.4. The quantitative estimate of drug-likeness (QED) is 0.663. The van der Waals surface area contributed by atoms with Crippen molar-refractivity contribution in [2.75, 3.05) is 0 Å². The van der Waals surface area contributed by atoms with Gasteiger partial charge in [-0.05, 0) is 12.0 Å². The van der Waals surface area contributed by atoms with Crippen LogP contribution < -0.4 is 11.0 Å². The molecule has 3 heteroatoms. The molecule has 0 fully saturated rings. The van der Waals surface area contributed by atoms with Crippen LogP contribution in [0.1, 0.15) is 31.0 Å². The number of nitrogens with one attached hydrogen (secondary N) is 1. The van der Waals surface area contributed by atoms with Crippen LogP contribution >= 0.6 is 0 Å². The summed E-state index contributed by atoms with van der Waals surface area (Å²) in [6, 6.07) is 1.71. The lowest BCUT2D eigenvalue weighted by molar-refractivity contribution is 0.845. The number of H-pyrrole nitrogens is 1. The molecule has 0 amide bonds. The van der Waals surface area contributed by atoms with Gasteiger partial charge < -0.3 is 4.98 Å². The molecule has 0 saturated carbocycles. The molecule has 0 aromatic carbocycles. The van der Waals surface area contributed by atoms with Gasteiger partial charge in [0.15, 0.2) is 0 Å². The Hall–Kier alpha value is -1.25. The van der Waals surface area contributed by atoms with Gasteiger partial charge in [0.25, 0.3) is 5.56 Å². The summed E-state index contributed by atoms with van der Waals surface area (Å²) in [5.74, 6) is 0.185. The average molecular weight is 173 g/mol. The fourth-order valence-corrected chi connectivity index (χ4v) is 1.18. The summed E-state index contributed by atoms with van der Waals surface area (Å²) in [5.41, 5.74) is 1.79. The third kappa shape index (κ3) is 1.91. The second-order valence-electron chi connectivity index (χ2n) is 3.28. The van der Waals surface area contributed by atoms with Crippen LogP contribution in [0.3, 0.4) is 0 Å². The summed E-state index contributed by atoms with van der Waals surface area (Å²) < 4.78 is 0. The highest BCUT2D eigenvalue weighted by atomic mass is 16.1. The van der Waals surface area contributed by atoms with Crippen LogP contribution in [0.15, 0.2) is 17.4 Å². The molecular formula is C10H12BNO. The first-order valence-electron chi connectivity index (χ1n) is 4.21. The molecule has 1 N–H and O–H groups in total. The molecule has 66 valence electrons. The van der Waals surface area contributed by atoms with Crippen molar-refractivity contribution in [3.63, 3.8) is 0 Å². The van der Waals surface area contributed by atoms with E-state index < -0.39 is 0 Å².